The molecule has 3 aromatic rings. The first-order valence-electron chi connectivity index (χ1n) is 8.60. The van der Waals surface area contributed by atoms with Gasteiger partial charge in [0.05, 0.1) is 16.8 Å². The molecule has 0 fully saturated rings. The summed E-state index contributed by atoms with van der Waals surface area (Å²) in [5, 5.41) is 23.4. The molecule has 0 spiro atoms. The van der Waals surface area contributed by atoms with Crippen LogP contribution >= 0.6 is 24.2 Å². The molecule has 158 valence electrons. The number of aliphatic imine (C=N–C) groups is 1. The minimum atomic E-state index is -1.20. The number of aryl methyl sites for hydroxylation is 1. The minimum Gasteiger partial charge on any atom is -0.480 e. The number of aromatic nitrogens is 2. The molecule has 2 N–H and O–H groups in total. The number of benzene rings is 1. The van der Waals surface area contributed by atoms with E-state index in [-0.39, 0.29) is 39.2 Å². The van der Waals surface area contributed by atoms with Gasteiger partial charge in [0, 0.05) is 4.75 Å². The Morgan fingerprint density at radius 2 is 2.10 bits per heavy atom. The number of hydrogen-bond acceptors (Lipinski definition) is 8. The average Bonchev–Trinajstić information content (AvgIpc) is 3.16. The predicted molar refractivity (Wildman–Crippen MR) is 111 cm³/mol. The van der Waals surface area contributed by atoms with Crippen LogP contribution in [0.1, 0.15) is 25.3 Å². The van der Waals surface area contributed by atoms with Crippen molar-refractivity contribution in [3.05, 3.63) is 40.5 Å². The molecule has 2 aromatic heterocycles. The van der Waals surface area contributed by atoms with Gasteiger partial charge in [-0.2, -0.15) is 12.6 Å². The second kappa shape index (κ2) is 8.11. The summed E-state index contributed by atoms with van der Waals surface area (Å²) in [6, 6.07) is 2.95. The third-order valence-electron chi connectivity index (χ3n) is 4.16. The van der Waals surface area contributed by atoms with Crippen LogP contribution in [0.15, 0.2) is 32.1 Å². The van der Waals surface area contributed by atoms with Crippen LogP contribution in [0, 0.1) is 12.7 Å². The van der Waals surface area contributed by atoms with E-state index < -0.39 is 28.5 Å². The molecule has 1 unspecified atom stereocenters. The Bertz CT molecular complexity index is 1120. The van der Waals surface area contributed by atoms with Gasteiger partial charge in [-0.1, -0.05) is 22.8 Å². The quantitative estimate of drug-likeness (QED) is 0.374. The zero-order valence-corrected chi connectivity index (χ0v) is 17.7. The number of thiol groups is 1. The second-order valence-electron chi connectivity index (χ2n) is 6.94. The molecule has 1 aromatic carbocycles. The van der Waals surface area contributed by atoms with E-state index in [0.717, 1.165) is 6.21 Å². The van der Waals surface area contributed by atoms with Crippen molar-refractivity contribution in [1.29, 1.82) is 0 Å². The molecular formula is C19H17ClFN3O5S. The zero-order valence-electron chi connectivity index (χ0n) is 16.1. The molecule has 3 rings (SSSR count). The summed E-state index contributed by atoms with van der Waals surface area (Å²) in [6.45, 7) is 4.73. The van der Waals surface area contributed by atoms with Gasteiger partial charge in [0.25, 0.3) is 0 Å². The van der Waals surface area contributed by atoms with Crippen molar-refractivity contribution < 1.29 is 28.3 Å². The molecular weight excluding hydrogens is 437 g/mol. The summed E-state index contributed by atoms with van der Waals surface area (Å²) in [6.07, 6.45) is 1.07. The number of rotatable bonds is 6. The molecule has 0 saturated carbocycles. The first-order chi connectivity index (χ1) is 14.0. The largest absolute Gasteiger partial charge is 0.480 e. The lowest BCUT2D eigenvalue weighted by molar-refractivity contribution is -0.138. The first-order valence-corrected chi connectivity index (χ1v) is 9.42. The Balaban J connectivity index is 2.06. The van der Waals surface area contributed by atoms with Crippen LogP contribution in [0.4, 0.5) is 4.39 Å². The molecule has 0 aliphatic heterocycles. The van der Waals surface area contributed by atoms with Crippen molar-refractivity contribution in [2.24, 2.45) is 4.99 Å². The molecule has 30 heavy (non-hydrogen) atoms. The summed E-state index contributed by atoms with van der Waals surface area (Å²) in [4.78, 5) is 19.5. The number of aromatic hydroxyl groups is 1. The number of carboxylic acid groups (broad SMARTS) is 1. The fraction of sp³-hybridized carbons (Fsp3) is 0.263. The van der Waals surface area contributed by atoms with Crippen LogP contribution in [0.2, 0.25) is 5.02 Å². The molecule has 0 saturated heterocycles. The van der Waals surface area contributed by atoms with Gasteiger partial charge in [-0.25, -0.2) is 14.2 Å². The summed E-state index contributed by atoms with van der Waals surface area (Å²) in [5.41, 5.74) is 0.0863. The van der Waals surface area contributed by atoms with E-state index in [4.69, 9.17) is 20.5 Å². The van der Waals surface area contributed by atoms with Crippen molar-refractivity contribution in [3.63, 3.8) is 0 Å². The van der Waals surface area contributed by atoms with E-state index in [1.54, 1.807) is 20.8 Å². The molecule has 0 amide bonds. The van der Waals surface area contributed by atoms with Gasteiger partial charge in [-0.3, -0.25) is 4.99 Å². The summed E-state index contributed by atoms with van der Waals surface area (Å²) in [7, 11) is 0. The van der Waals surface area contributed by atoms with Gasteiger partial charge in [0.2, 0.25) is 5.89 Å². The predicted octanol–water partition coefficient (Wildman–Crippen LogP) is 4.38. The average molecular weight is 454 g/mol. The molecule has 1 atom stereocenters. The van der Waals surface area contributed by atoms with Crippen LogP contribution in [-0.4, -0.2) is 43.3 Å². The van der Waals surface area contributed by atoms with Gasteiger partial charge in [-0.15, -0.1) is 0 Å². The molecule has 0 radical (unpaired) electrons. The van der Waals surface area contributed by atoms with Crippen LogP contribution in [0.25, 0.3) is 22.7 Å². The van der Waals surface area contributed by atoms with E-state index in [1.165, 1.54) is 18.2 Å². The normalized spacial score (nSPS) is 13.1. The maximum Gasteiger partial charge on any atom is 0.329 e. The van der Waals surface area contributed by atoms with Crippen molar-refractivity contribution in [3.8, 4) is 28.7 Å². The third kappa shape index (κ3) is 4.19. The Kier molecular flexibility index (Phi) is 5.91. The molecule has 2 heterocycles. The Morgan fingerprint density at radius 1 is 1.40 bits per heavy atom. The molecule has 8 nitrogen and oxygen atoms in total. The standard InChI is InChI=1S/C19H17ClFN3O5S/c1-8-12(14(24-29-8)13-9(20)5-4-6-10(13)21)16-23-11(18(27)28-16)7-22-15(17(25)26)19(2,3)30/h4-7,15,27,30H,1-3H3,(H,25,26). The van der Waals surface area contributed by atoms with Crippen LogP contribution in [0.3, 0.4) is 0 Å². The second-order valence-corrected chi connectivity index (χ2v) is 8.50. The highest BCUT2D eigenvalue weighted by Gasteiger charge is 2.32. The summed E-state index contributed by atoms with van der Waals surface area (Å²) < 4.78 is 23.8. The van der Waals surface area contributed by atoms with E-state index in [2.05, 4.69) is 27.8 Å². The van der Waals surface area contributed by atoms with Crippen LogP contribution in [-0.2, 0) is 4.79 Å². The number of halogens is 2. The van der Waals surface area contributed by atoms with Gasteiger partial charge < -0.3 is 19.2 Å². The first kappa shape index (κ1) is 21.8. The van der Waals surface area contributed by atoms with E-state index in [1.807, 2.05) is 0 Å². The lowest BCUT2D eigenvalue weighted by atomic mass is 10.0. The van der Waals surface area contributed by atoms with Crippen LogP contribution in [0.5, 0.6) is 5.95 Å². The maximum atomic E-state index is 14.4. The monoisotopic (exact) mass is 453 g/mol. The Hall–Kier alpha value is -2.85. The highest BCUT2D eigenvalue weighted by molar-refractivity contribution is 7.81. The topological polar surface area (TPSA) is 122 Å². The minimum absolute atomic E-state index is 0.0123. The summed E-state index contributed by atoms with van der Waals surface area (Å²) in [5.74, 6) is -2.32. The molecule has 0 bridgehead atoms. The molecule has 11 heteroatoms. The number of carbonyl (C=O) groups is 1. The van der Waals surface area contributed by atoms with Crippen molar-refractivity contribution in [2.45, 2.75) is 31.6 Å². The van der Waals surface area contributed by atoms with Crippen molar-refractivity contribution in [2.75, 3.05) is 0 Å². The maximum absolute atomic E-state index is 14.4. The number of oxazole rings is 1. The van der Waals surface area contributed by atoms with Crippen molar-refractivity contribution >= 4 is 36.4 Å². The zero-order chi connectivity index (χ0) is 22.2. The van der Waals surface area contributed by atoms with Crippen LogP contribution < -0.4 is 0 Å². The third-order valence-corrected chi connectivity index (χ3v) is 4.72. The highest BCUT2D eigenvalue weighted by Crippen LogP contribution is 2.39. The number of aliphatic carboxylic acids is 1. The molecule has 0 aliphatic rings. The number of nitrogens with zero attached hydrogens (tertiary/aromatic N) is 3. The van der Waals surface area contributed by atoms with E-state index >= 15 is 0 Å². The summed E-state index contributed by atoms with van der Waals surface area (Å²) >= 11 is 10.4. The Labute approximate surface area is 180 Å². The number of carboxylic acids is 1. The van der Waals surface area contributed by atoms with Gasteiger partial charge >= 0.3 is 11.9 Å². The smallest absolute Gasteiger partial charge is 0.329 e. The van der Waals surface area contributed by atoms with Gasteiger partial charge in [0.1, 0.15) is 22.8 Å². The van der Waals surface area contributed by atoms with E-state index in [0.29, 0.717) is 0 Å². The lowest BCUT2D eigenvalue weighted by Crippen LogP contribution is -2.36. The number of hydrogen-bond donors (Lipinski definition) is 3. The van der Waals surface area contributed by atoms with Gasteiger partial charge in [-0.05, 0) is 32.9 Å². The van der Waals surface area contributed by atoms with Crippen molar-refractivity contribution in [1.82, 2.24) is 10.1 Å². The van der Waals surface area contributed by atoms with Gasteiger partial charge in [0.15, 0.2) is 11.7 Å². The fourth-order valence-electron chi connectivity index (χ4n) is 2.73. The molecule has 0 aliphatic carbocycles. The fourth-order valence-corrected chi connectivity index (χ4v) is 3.16. The highest BCUT2D eigenvalue weighted by atomic mass is 35.5. The SMILES string of the molecule is Cc1onc(-c2c(F)cccc2Cl)c1-c1nc(C=NC(C(=O)O)C(C)(C)S)c(O)o1. The lowest BCUT2D eigenvalue weighted by Gasteiger charge is -2.21. The van der Waals surface area contributed by atoms with E-state index in [9.17, 15) is 19.4 Å². The Morgan fingerprint density at radius 3 is 2.70 bits per heavy atom.